The molecule has 0 N–H and O–H groups in total. The van der Waals surface area contributed by atoms with E-state index in [2.05, 4.69) is 156 Å². The highest BCUT2D eigenvalue weighted by molar-refractivity contribution is 6.21. The minimum absolute atomic E-state index is 0.972. The molecule has 0 radical (unpaired) electrons. The second-order valence-electron chi connectivity index (χ2n) is 11.2. The number of benzene rings is 7. The second-order valence-corrected chi connectivity index (χ2v) is 11.2. The van der Waals surface area contributed by atoms with Crippen LogP contribution in [0.3, 0.4) is 0 Å². The molecule has 0 aliphatic carbocycles. The third-order valence-electron chi connectivity index (χ3n) is 8.77. The molecule has 0 saturated carbocycles. The number of para-hydroxylation sites is 2. The third-order valence-corrected chi connectivity index (χ3v) is 8.77. The number of pyridine rings is 1. The molecule has 0 spiro atoms. The Balaban J connectivity index is 1.28. The number of rotatable bonds is 3. The summed E-state index contributed by atoms with van der Waals surface area (Å²) in [7, 11) is 0. The molecule has 7 aromatic carbocycles. The molecule has 43 heavy (non-hydrogen) atoms. The van der Waals surface area contributed by atoms with Gasteiger partial charge in [-0.05, 0) is 96.7 Å². The molecule has 0 aliphatic heterocycles. The van der Waals surface area contributed by atoms with Crippen LogP contribution in [-0.2, 0) is 0 Å². The summed E-state index contributed by atoms with van der Waals surface area (Å²) in [5.41, 5.74) is 11.7. The Morgan fingerprint density at radius 3 is 1.60 bits per heavy atom. The van der Waals surface area contributed by atoms with E-state index in [9.17, 15) is 0 Å². The quantitative estimate of drug-likeness (QED) is 0.201. The molecule has 0 fully saturated rings. The Morgan fingerprint density at radius 2 is 0.907 bits per heavy atom. The van der Waals surface area contributed by atoms with Gasteiger partial charge < -0.3 is 0 Å². The van der Waals surface area contributed by atoms with E-state index in [1.165, 1.54) is 65.8 Å². The Bertz CT molecular complexity index is 2430. The van der Waals surface area contributed by atoms with Crippen molar-refractivity contribution in [1.82, 2.24) is 9.38 Å². The molecular weight excluding hydrogens is 520 g/mol. The van der Waals surface area contributed by atoms with Crippen LogP contribution in [0.15, 0.2) is 158 Å². The van der Waals surface area contributed by atoms with Crippen molar-refractivity contribution in [3.8, 4) is 33.4 Å². The van der Waals surface area contributed by atoms with E-state index in [-0.39, 0.29) is 0 Å². The van der Waals surface area contributed by atoms with Gasteiger partial charge in [-0.2, -0.15) is 0 Å². The standard InChI is InChI=1S/C41H26N2/c1-2-10-27(11-3-1)28-18-20-29(21-19-28)40-32-12-4-6-14-34(32)41(35-15-7-5-13-33(35)40)31-22-24-37-30(26-31)23-25-39-42-36-16-8-9-17-38(36)43(37)39/h1-26H. The summed E-state index contributed by atoms with van der Waals surface area (Å²) in [6.45, 7) is 0. The van der Waals surface area contributed by atoms with E-state index in [1.807, 2.05) is 6.07 Å². The minimum atomic E-state index is 0.972. The molecule has 0 amide bonds. The maximum Gasteiger partial charge on any atom is 0.138 e. The first kappa shape index (κ1) is 23.9. The summed E-state index contributed by atoms with van der Waals surface area (Å²) in [5.74, 6) is 0. The average Bonchev–Trinajstić information content (AvgIpc) is 3.47. The second kappa shape index (κ2) is 9.40. The fourth-order valence-electron chi connectivity index (χ4n) is 6.83. The maximum absolute atomic E-state index is 4.85. The molecule has 0 aliphatic rings. The van der Waals surface area contributed by atoms with Gasteiger partial charge in [-0.3, -0.25) is 4.40 Å². The molecule has 2 nitrogen and oxygen atoms in total. The fraction of sp³-hybridized carbons (Fsp3) is 0. The van der Waals surface area contributed by atoms with Gasteiger partial charge in [-0.25, -0.2) is 4.98 Å². The van der Waals surface area contributed by atoms with Gasteiger partial charge in [0.15, 0.2) is 0 Å². The monoisotopic (exact) mass is 546 g/mol. The van der Waals surface area contributed by atoms with E-state index in [4.69, 9.17) is 4.98 Å². The molecule has 200 valence electrons. The predicted octanol–water partition coefficient (Wildman–Crippen LogP) is 10.9. The van der Waals surface area contributed by atoms with E-state index < -0.39 is 0 Å². The topological polar surface area (TPSA) is 17.3 Å². The van der Waals surface area contributed by atoms with Crippen molar-refractivity contribution in [1.29, 1.82) is 0 Å². The van der Waals surface area contributed by atoms with Crippen LogP contribution in [0.5, 0.6) is 0 Å². The van der Waals surface area contributed by atoms with Gasteiger partial charge in [0, 0.05) is 0 Å². The number of hydrogen-bond donors (Lipinski definition) is 0. The molecular formula is C41H26N2. The third kappa shape index (κ3) is 3.70. The van der Waals surface area contributed by atoms with Gasteiger partial charge in [0.1, 0.15) is 5.65 Å². The zero-order chi connectivity index (χ0) is 28.3. The fourth-order valence-corrected chi connectivity index (χ4v) is 6.83. The molecule has 2 heteroatoms. The largest absolute Gasteiger partial charge is 0.292 e. The van der Waals surface area contributed by atoms with Crippen LogP contribution >= 0.6 is 0 Å². The van der Waals surface area contributed by atoms with Crippen LogP contribution in [-0.4, -0.2) is 9.38 Å². The highest BCUT2D eigenvalue weighted by Crippen LogP contribution is 2.44. The number of aromatic nitrogens is 2. The maximum atomic E-state index is 4.85. The van der Waals surface area contributed by atoms with Crippen molar-refractivity contribution in [2.75, 3.05) is 0 Å². The van der Waals surface area contributed by atoms with Gasteiger partial charge in [-0.15, -0.1) is 0 Å². The molecule has 2 aromatic heterocycles. The van der Waals surface area contributed by atoms with Crippen LogP contribution in [0.1, 0.15) is 0 Å². The van der Waals surface area contributed by atoms with E-state index in [1.54, 1.807) is 0 Å². The zero-order valence-electron chi connectivity index (χ0n) is 23.4. The Hall–Kier alpha value is -5.73. The van der Waals surface area contributed by atoms with Crippen LogP contribution in [0.25, 0.3) is 82.5 Å². The summed E-state index contributed by atoms with van der Waals surface area (Å²) in [4.78, 5) is 4.85. The van der Waals surface area contributed by atoms with Gasteiger partial charge >= 0.3 is 0 Å². The van der Waals surface area contributed by atoms with Crippen LogP contribution in [0.4, 0.5) is 0 Å². The molecule has 9 rings (SSSR count). The normalized spacial score (nSPS) is 11.7. The number of imidazole rings is 1. The lowest BCUT2D eigenvalue weighted by Gasteiger charge is -2.18. The van der Waals surface area contributed by atoms with E-state index >= 15 is 0 Å². The van der Waals surface area contributed by atoms with E-state index in [0.717, 1.165) is 16.7 Å². The van der Waals surface area contributed by atoms with Crippen LogP contribution in [0, 0.1) is 0 Å². The van der Waals surface area contributed by atoms with Crippen molar-refractivity contribution in [2.45, 2.75) is 0 Å². The molecule has 9 aromatic rings. The van der Waals surface area contributed by atoms with Crippen molar-refractivity contribution >= 4 is 49.1 Å². The summed E-state index contributed by atoms with van der Waals surface area (Å²) < 4.78 is 2.27. The Morgan fingerprint density at radius 1 is 0.372 bits per heavy atom. The number of nitrogens with zero attached hydrogens (tertiary/aromatic N) is 2. The minimum Gasteiger partial charge on any atom is -0.292 e. The smallest absolute Gasteiger partial charge is 0.138 e. The summed E-state index contributed by atoms with van der Waals surface area (Å²) in [5, 5.41) is 6.25. The lowest BCUT2D eigenvalue weighted by atomic mass is 9.85. The highest BCUT2D eigenvalue weighted by atomic mass is 15.0. The summed E-state index contributed by atoms with van der Waals surface area (Å²) >= 11 is 0. The lowest BCUT2D eigenvalue weighted by molar-refractivity contribution is 1.30. The Kier molecular flexibility index (Phi) is 5.23. The number of fused-ring (bicyclic) bond motifs is 7. The molecule has 0 bridgehead atoms. The van der Waals surface area contributed by atoms with Gasteiger partial charge in [0.25, 0.3) is 0 Å². The zero-order valence-corrected chi connectivity index (χ0v) is 23.4. The van der Waals surface area contributed by atoms with Gasteiger partial charge in [0.05, 0.1) is 16.6 Å². The van der Waals surface area contributed by atoms with Crippen molar-refractivity contribution < 1.29 is 0 Å². The first-order chi connectivity index (χ1) is 21.3. The lowest BCUT2D eigenvalue weighted by Crippen LogP contribution is -1.92. The molecule has 2 heterocycles. The molecule has 0 saturated heterocycles. The van der Waals surface area contributed by atoms with E-state index in [0.29, 0.717) is 0 Å². The van der Waals surface area contributed by atoms with Crippen molar-refractivity contribution in [2.24, 2.45) is 0 Å². The first-order valence-corrected chi connectivity index (χ1v) is 14.7. The van der Waals surface area contributed by atoms with Gasteiger partial charge in [-0.1, -0.05) is 121 Å². The number of hydrogen-bond acceptors (Lipinski definition) is 1. The summed E-state index contributed by atoms with van der Waals surface area (Å²) in [6.07, 6.45) is 0. The first-order valence-electron chi connectivity index (χ1n) is 14.7. The molecule has 0 unspecified atom stereocenters. The highest BCUT2D eigenvalue weighted by Gasteiger charge is 2.17. The summed E-state index contributed by atoms with van der Waals surface area (Å²) in [6, 6.07) is 56.9. The van der Waals surface area contributed by atoms with Crippen LogP contribution < -0.4 is 0 Å². The Labute approximate surface area is 249 Å². The van der Waals surface area contributed by atoms with Crippen molar-refractivity contribution in [3.05, 3.63) is 158 Å². The van der Waals surface area contributed by atoms with Crippen molar-refractivity contribution in [3.63, 3.8) is 0 Å². The van der Waals surface area contributed by atoms with Crippen LogP contribution in [0.2, 0.25) is 0 Å². The average molecular weight is 547 g/mol. The predicted molar refractivity (Wildman–Crippen MR) is 182 cm³/mol. The van der Waals surface area contributed by atoms with Gasteiger partial charge in [0.2, 0.25) is 0 Å². The SMILES string of the molecule is c1ccc(-c2ccc(-c3c4ccccc4c(-c4ccc5c(ccc6nc7ccccc7n65)c4)c4ccccc34)cc2)cc1. The molecule has 0 atom stereocenters.